The van der Waals surface area contributed by atoms with Gasteiger partial charge in [0, 0.05) is 19.7 Å². The number of hydrogen-bond acceptors (Lipinski definition) is 4. The summed E-state index contributed by atoms with van der Waals surface area (Å²) >= 11 is 1.53. The molecule has 1 saturated heterocycles. The standard InChI is InChI=1S/C17H23N3O2S/c1-3-12-7-8-14-15(10-12)23-16(18-14)19-17(21)20-9-5-6-13(11-20)22-4-2/h7-8,10,13H,3-6,9,11H2,1-2H3,(H,18,19,21)/t13-/m1/s1. The normalized spacial score (nSPS) is 18.3. The number of thiazole rings is 1. The van der Waals surface area contributed by atoms with Gasteiger partial charge in [0.05, 0.1) is 16.3 Å². The van der Waals surface area contributed by atoms with Gasteiger partial charge in [-0.15, -0.1) is 0 Å². The summed E-state index contributed by atoms with van der Waals surface area (Å²) in [5.74, 6) is 0. The molecule has 1 fully saturated rings. The highest BCUT2D eigenvalue weighted by atomic mass is 32.1. The fourth-order valence-corrected chi connectivity index (χ4v) is 3.83. The Bertz CT molecular complexity index is 684. The first kappa shape index (κ1) is 16.2. The number of piperidine rings is 1. The molecule has 2 amide bonds. The fourth-order valence-electron chi connectivity index (χ4n) is 2.91. The zero-order valence-electron chi connectivity index (χ0n) is 13.7. The number of ether oxygens (including phenoxy) is 1. The van der Waals surface area contributed by atoms with Gasteiger partial charge in [-0.25, -0.2) is 9.78 Å². The molecule has 23 heavy (non-hydrogen) atoms. The molecule has 1 atom stereocenters. The lowest BCUT2D eigenvalue weighted by Gasteiger charge is -2.32. The van der Waals surface area contributed by atoms with Gasteiger partial charge in [0.25, 0.3) is 0 Å². The lowest BCUT2D eigenvalue weighted by atomic mass is 10.1. The van der Waals surface area contributed by atoms with Gasteiger partial charge in [0.2, 0.25) is 0 Å². The van der Waals surface area contributed by atoms with Crippen LogP contribution in [0.15, 0.2) is 18.2 Å². The van der Waals surface area contributed by atoms with Gasteiger partial charge in [0.1, 0.15) is 0 Å². The lowest BCUT2D eigenvalue weighted by Crippen LogP contribution is -2.45. The molecule has 124 valence electrons. The van der Waals surface area contributed by atoms with Crippen molar-refractivity contribution in [2.24, 2.45) is 0 Å². The molecule has 1 aromatic heterocycles. The molecule has 1 aliphatic heterocycles. The number of nitrogens with one attached hydrogen (secondary N) is 1. The second-order valence-corrected chi connectivity index (χ2v) is 6.80. The molecule has 6 heteroatoms. The van der Waals surface area contributed by atoms with Crippen molar-refractivity contribution in [2.75, 3.05) is 25.0 Å². The third-order valence-electron chi connectivity index (χ3n) is 4.14. The van der Waals surface area contributed by atoms with E-state index in [1.807, 2.05) is 17.9 Å². The van der Waals surface area contributed by atoms with Crippen LogP contribution in [-0.2, 0) is 11.2 Å². The van der Waals surface area contributed by atoms with Crippen molar-refractivity contribution in [3.05, 3.63) is 23.8 Å². The minimum Gasteiger partial charge on any atom is -0.377 e. The van der Waals surface area contributed by atoms with Gasteiger partial charge >= 0.3 is 6.03 Å². The maximum absolute atomic E-state index is 12.4. The molecule has 1 N–H and O–H groups in total. The smallest absolute Gasteiger partial charge is 0.323 e. The number of anilines is 1. The quantitative estimate of drug-likeness (QED) is 0.923. The number of carbonyl (C=O) groups excluding carboxylic acids is 1. The molecule has 5 nitrogen and oxygen atoms in total. The highest BCUT2D eigenvalue weighted by Gasteiger charge is 2.24. The van der Waals surface area contributed by atoms with Crippen LogP contribution in [0.2, 0.25) is 0 Å². The zero-order valence-corrected chi connectivity index (χ0v) is 14.5. The number of benzene rings is 1. The number of carbonyl (C=O) groups is 1. The number of fused-ring (bicyclic) bond motifs is 1. The molecule has 0 aliphatic carbocycles. The Morgan fingerprint density at radius 2 is 2.35 bits per heavy atom. The minimum atomic E-state index is -0.0795. The van der Waals surface area contributed by atoms with E-state index in [1.165, 1.54) is 16.9 Å². The van der Waals surface area contributed by atoms with E-state index in [-0.39, 0.29) is 12.1 Å². The van der Waals surface area contributed by atoms with E-state index in [9.17, 15) is 4.79 Å². The third-order valence-corrected chi connectivity index (χ3v) is 5.08. The van der Waals surface area contributed by atoms with Crippen LogP contribution in [0.1, 0.15) is 32.3 Å². The first-order valence-electron chi connectivity index (χ1n) is 8.26. The van der Waals surface area contributed by atoms with E-state index in [0.717, 1.165) is 36.0 Å². The summed E-state index contributed by atoms with van der Waals surface area (Å²) in [5.41, 5.74) is 2.22. The van der Waals surface area contributed by atoms with Gasteiger partial charge < -0.3 is 9.64 Å². The second kappa shape index (κ2) is 7.27. The van der Waals surface area contributed by atoms with Crippen molar-refractivity contribution < 1.29 is 9.53 Å². The maximum atomic E-state index is 12.4. The monoisotopic (exact) mass is 333 g/mol. The Labute approximate surface area is 140 Å². The Morgan fingerprint density at radius 1 is 1.48 bits per heavy atom. The van der Waals surface area contributed by atoms with E-state index >= 15 is 0 Å². The largest absolute Gasteiger partial charge is 0.377 e. The van der Waals surface area contributed by atoms with Gasteiger partial charge in [0.15, 0.2) is 5.13 Å². The number of aromatic nitrogens is 1. The molecule has 2 aromatic rings. The first-order chi connectivity index (χ1) is 11.2. The number of urea groups is 1. The highest BCUT2D eigenvalue weighted by Crippen LogP contribution is 2.27. The summed E-state index contributed by atoms with van der Waals surface area (Å²) in [6.07, 6.45) is 3.17. The van der Waals surface area contributed by atoms with Crippen LogP contribution >= 0.6 is 11.3 Å². The number of rotatable bonds is 4. The Morgan fingerprint density at radius 3 is 3.13 bits per heavy atom. The van der Waals surface area contributed by atoms with Crippen LogP contribution in [0.4, 0.5) is 9.93 Å². The molecular formula is C17H23N3O2S. The maximum Gasteiger partial charge on any atom is 0.323 e. The molecule has 0 saturated carbocycles. The number of aryl methyl sites for hydroxylation is 1. The summed E-state index contributed by atoms with van der Waals surface area (Å²) in [5, 5.41) is 3.60. The molecule has 0 radical (unpaired) electrons. The van der Waals surface area contributed by atoms with Crippen molar-refractivity contribution in [2.45, 2.75) is 39.2 Å². The minimum absolute atomic E-state index is 0.0795. The van der Waals surface area contributed by atoms with E-state index in [4.69, 9.17) is 4.74 Å². The number of likely N-dealkylation sites (tertiary alicyclic amines) is 1. The molecule has 1 aromatic carbocycles. The van der Waals surface area contributed by atoms with Crippen molar-refractivity contribution in [3.8, 4) is 0 Å². The Kier molecular flexibility index (Phi) is 5.13. The summed E-state index contributed by atoms with van der Waals surface area (Å²) in [6, 6.07) is 6.18. The van der Waals surface area contributed by atoms with Crippen LogP contribution in [0.3, 0.4) is 0 Å². The van der Waals surface area contributed by atoms with E-state index in [1.54, 1.807) is 0 Å². The van der Waals surface area contributed by atoms with Crippen LogP contribution in [0, 0.1) is 0 Å². The van der Waals surface area contributed by atoms with Crippen molar-refractivity contribution >= 4 is 32.7 Å². The van der Waals surface area contributed by atoms with Crippen LogP contribution in [0.25, 0.3) is 10.2 Å². The molecular weight excluding hydrogens is 310 g/mol. The number of hydrogen-bond donors (Lipinski definition) is 1. The first-order valence-corrected chi connectivity index (χ1v) is 9.08. The van der Waals surface area contributed by atoms with Crippen molar-refractivity contribution in [3.63, 3.8) is 0 Å². The molecule has 0 bridgehead atoms. The summed E-state index contributed by atoms with van der Waals surface area (Å²) in [4.78, 5) is 18.8. The van der Waals surface area contributed by atoms with Gasteiger partial charge in [-0.1, -0.05) is 24.3 Å². The SMILES string of the molecule is CCO[C@@H]1CCCN(C(=O)Nc2nc3ccc(CC)cc3s2)C1. The summed E-state index contributed by atoms with van der Waals surface area (Å²) in [6.45, 7) is 6.25. The topological polar surface area (TPSA) is 54.5 Å². The van der Waals surface area contributed by atoms with Gasteiger partial charge in [-0.2, -0.15) is 0 Å². The van der Waals surface area contributed by atoms with E-state index < -0.39 is 0 Å². The van der Waals surface area contributed by atoms with E-state index in [0.29, 0.717) is 18.3 Å². The van der Waals surface area contributed by atoms with Crippen LogP contribution in [0.5, 0.6) is 0 Å². The van der Waals surface area contributed by atoms with Crippen molar-refractivity contribution in [1.82, 2.24) is 9.88 Å². The Balaban J connectivity index is 1.67. The second-order valence-electron chi connectivity index (χ2n) is 5.77. The van der Waals surface area contributed by atoms with E-state index in [2.05, 4.69) is 29.4 Å². The molecule has 1 aliphatic rings. The summed E-state index contributed by atoms with van der Waals surface area (Å²) in [7, 11) is 0. The molecule has 0 unspecified atom stereocenters. The highest BCUT2D eigenvalue weighted by molar-refractivity contribution is 7.22. The molecule has 2 heterocycles. The molecule has 0 spiro atoms. The Hall–Kier alpha value is -1.66. The van der Waals surface area contributed by atoms with Gasteiger partial charge in [-0.05, 0) is 43.9 Å². The lowest BCUT2D eigenvalue weighted by molar-refractivity contribution is 0.0181. The third kappa shape index (κ3) is 3.82. The van der Waals surface area contributed by atoms with Gasteiger partial charge in [-0.3, -0.25) is 5.32 Å². The predicted octanol–water partition coefficient (Wildman–Crippen LogP) is 3.89. The number of nitrogens with zero attached hydrogens (tertiary/aromatic N) is 2. The zero-order chi connectivity index (χ0) is 16.2. The average Bonchev–Trinajstić information content (AvgIpc) is 2.96. The summed E-state index contributed by atoms with van der Waals surface area (Å²) < 4.78 is 6.77. The van der Waals surface area contributed by atoms with Crippen molar-refractivity contribution in [1.29, 1.82) is 0 Å². The molecule has 3 rings (SSSR count). The number of amides is 2. The fraction of sp³-hybridized carbons (Fsp3) is 0.529. The van der Waals surface area contributed by atoms with Crippen LogP contribution < -0.4 is 5.32 Å². The average molecular weight is 333 g/mol. The predicted molar refractivity (Wildman–Crippen MR) is 94.2 cm³/mol. The van der Waals surface area contributed by atoms with Crippen LogP contribution in [-0.4, -0.2) is 41.7 Å².